The Bertz CT molecular complexity index is 714. The van der Waals surface area contributed by atoms with Crippen molar-refractivity contribution in [2.75, 3.05) is 4.72 Å². The third kappa shape index (κ3) is 3.34. The molecule has 0 atom stereocenters. The lowest BCUT2D eigenvalue weighted by molar-refractivity contribution is 0.601. The van der Waals surface area contributed by atoms with Crippen molar-refractivity contribution in [1.82, 2.24) is 0 Å². The van der Waals surface area contributed by atoms with Gasteiger partial charge < -0.3 is 0 Å². The molecule has 106 valence electrons. The fourth-order valence-corrected chi connectivity index (χ4v) is 3.35. The molecule has 0 saturated heterocycles. The molecular formula is C14H13BrClNO2S. The van der Waals surface area contributed by atoms with Crippen LogP contribution in [0.2, 0.25) is 5.02 Å². The number of hydrogen-bond acceptors (Lipinski definition) is 2. The van der Waals surface area contributed by atoms with Crippen LogP contribution in [-0.4, -0.2) is 8.42 Å². The largest absolute Gasteiger partial charge is 0.279 e. The van der Waals surface area contributed by atoms with Crippen molar-refractivity contribution in [3.05, 3.63) is 58.6 Å². The standard InChI is InChI=1S/C14H13BrClNO2S/c1-10-13(16)3-2-4-14(10)17-20(18,19)12-7-5-11(9-15)6-8-12/h2-8,17H,9H2,1H3. The maximum absolute atomic E-state index is 12.3. The number of rotatable bonds is 4. The molecule has 0 radical (unpaired) electrons. The van der Waals surface area contributed by atoms with Gasteiger partial charge in [-0.15, -0.1) is 0 Å². The highest BCUT2D eigenvalue weighted by molar-refractivity contribution is 9.08. The Labute approximate surface area is 132 Å². The Balaban J connectivity index is 2.33. The summed E-state index contributed by atoms with van der Waals surface area (Å²) in [5.74, 6) is 0. The highest BCUT2D eigenvalue weighted by atomic mass is 79.9. The highest BCUT2D eigenvalue weighted by Crippen LogP contribution is 2.25. The van der Waals surface area contributed by atoms with Gasteiger partial charge in [-0.05, 0) is 42.3 Å². The lowest BCUT2D eigenvalue weighted by Crippen LogP contribution is -2.13. The summed E-state index contributed by atoms with van der Waals surface area (Å²) in [6.45, 7) is 1.77. The molecule has 0 amide bonds. The molecule has 20 heavy (non-hydrogen) atoms. The minimum atomic E-state index is -3.60. The second kappa shape index (κ2) is 6.16. The lowest BCUT2D eigenvalue weighted by atomic mass is 10.2. The number of nitrogens with one attached hydrogen (secondary N) is 1. The monoisotopic (exact) mass is 373 g/mol. The van der Waals surface area contributed by atoms with Crippen LogP contribution in [-0.2, 0) is 15.4 Å². The van der Waals surface area contributed by atoms with Crippen molar-refractivity contribution < 1.29 is 8.42 Å². The van der Waals surface area contributed by atoms with Crippen molar-refractivity contribution in [2.45, 2.75) is 17.1 Å². The van der Waals surface area contributed by atoms with Gasteiger partial charge in [-0.2, -0.15) is 0 Å². The van der Waals surface area contributed by atoms with Crippen LogP contribution in [0.3, 0.4) is 0 Å². The van der Waals surface area contributed by atoms with Crippen LogP contribution in [0.4, 0.5) is 5.69 Å². The number of benzene rings is 2. The number of alkyl halides is 1. The normalized spacial score (nSPS) is 11.3. The van der Waals surface area contributed by atoms with E-state index in [2.05, 4.69) is 20.7 Å². The van der Waals surface area contributed by atoms with E-state index in [0.29, 0.717) is 21.6 Å². The van der Waals surface area contributed by atoms with E-state index in [9.17, 15) is 8.42 Å². The Kier molecular flexibility index (Phi) is 4.73. The molecule has 6 heteroatoms. The summed E-state index contributed by atoms with van der Waals surface area (Å²) < 4.78 is 27.2. The van der Waals surface area contributed by atoms with Gasteiger partial charge in [0.2, 0.25) is 0 Å². The quantitative estimate of drug-likeness (QED) is 0.809. The van der Waals surface area contributed by atoms with E-state index in [4.69, 9.17) is 11.6 Å². The van der Waals surface area contributed by atoms with Crippen LogP contribution in [0.1, 0.15) is 11.1 Å². The highest BCUT2D eigenvalue weighted by Gasteiger charge is 2.15. The zero-order valence-electron chi connectivity index (χ0n) is 10.7. The second-order valence-electron chi connectivity index (χ2n) is 4.30. The van der Waals surface area contributed by atoms with Crippen molar-refractivity contribution in [1.29, 1.82) is 0 Å². The smallest absolute Gasteiger partial charge is 0.261 e. The fourth-order valence-electron chi connectivity index (χ4n) is 1.68. The Morgan fingerprint density at radius 1 is 1.15 bits per heavy atom. The minimum absolute atomic E-state index is 0.224. The average molecular weight is 375 g/mol. The summed E-state index contributed by atoms with van der Waals surface area (Å²) in [7, 11) is -3.60. The van der Waals surface area contributed by atoms with E-state index in [1.165, 1.54) is 0 Å². The molecule has 2 aromatic rings. The minimum Gasteiger partial charge on any atom is -0.279 e. The Hall–Kier alpha value is -1.04. The second-order valence-corrected chi connectivity index (χ2v) is 6.95. The summed E-state index contributed by atoms with van der Waals surface area (Å²) in [5.41, 5.74) is 2.21. The molecule has 2 rings (SSSR count). The van der Waals surface area contributed by atoms with Crippen molar-refractivity contribution in [3.63, 3.8) is 0 Å². The zero-order chi connectivity index (χ0) is 14.8. The Morgan fingerprint density at radius 2 is 1.80 bits per heavy atom. The first kappa shape index (κ1) is 15.4. The van der Waals surface area contributed by atoms with Gasteiger partial charge in [0, 0.05) is 10.4 Å². The molecular weight excluding hydrogens is 362 g/mol. The molecule has 0 bridgehead atoms. The predicted molar refractivity (Wildman–Crippen MR) is 86.1 cm³/mol. The van der Waals surface area contributed by atoms with Crippen LogP contribution < -0.4 is 4.72 Å². The van der Waals surface area contributed by atoms with Crippen molar-refractivity contribution in [2.24, 2.45) is 0 Å². The molecule has 0 aliphatic heterocycles. The SMILES string of the molecule is Cc1c(Cl)cccc1NS(=O)(=O)c1ccc(CBr)cc1. The molecule has 0 aliphatic rings. The summed E-state index contributed by atoms with van der Waals surface area (Å²) >= 11 is 9.31. The van der Waals surface area contributed by atoms with E-state index in [0.717, 1.165) is 5.56 Å². The van der Waals surface area contributed by atoms with Crippen LogP contribution in [0.15, 0.2) is 47.4 Å². The third-order valence-corrected chi connectivity index (χ3v) is 5.34. The molecule has 0 aromatic heterocycles. The third-order valence-electron chi connectivity index (χ3n) is 2.90. The van der Waals surface area contributed by atoms with E-state index in [1.54, 1.807) is 49.4 Å². The van der Waals surface area contributed by atoms with E-state index in [-0.39, 0.29) is 4.90 Å². The van der Waals surface area contributed by atoms with Crippen LogP contribution in [0.5, 0.6) is 0 Å². The number of hydrogen-bond donors (Lipinski definition) is 1. The zero-order valence-corrected chi connectivity index (χ0v) is 13.9. The molecule has 0 unspecified atom stereocenters. The van der Waals surface area contributed by atoms with Crippen LogP contribution in [0.25, 0.3) is 0 Å². The first-order valence-electron chi connectivity index (χ1n) is 5.87. The van der Waals surface area contributed by atoms with Gasteiger partial charge in [0.05, 0.1) is 10.6 Å². The predicted octanol–water partition coefficient (Wildman–Crippen LogP) is 4.34. The van der Waals surface area contributed by atoms with Crippen molar-refractivity contribution >= 4 is 43.2 Å². The molecule has 0 spiro atoms. The first-order chi connectivity index (χ1) is 9.44. The maximum Gasteiger partial charge on any atom is 0.261 e. The molecule has 0 aliphatic carbocycles. The van der Waals surface area contributed by atoms with Gasteiger partial charge in [0.25, 0.3) is 10.0 Å². The van der Waals surface area contributed by atoms with Gasteiger partial charge in [0.1, 0.15) is 0 Å². The summed E-state index contributed by atoms with van der Waals surface area (Å²) in [6.07, 6.45) is 0. The van der Waals surface area contributed by atoms with E-state index in [1.807, 2.05) is 0 Å². The van der Waals surface area contributed by atoms with Gasteiger partial charge in [-0.1, -0.05) is 45.7 Å². The molecule has 0 fully saturated rings. The summed E-state index contributed by atoms with van der Waals surface area (Å²) in [5, 5.41) is 1.22. The number of halogens is 2. The molecule has 0 heterocycles. The number of sulfonamides is 1. The van der Waals surface area contributed by atoms with Crippen LogP contribution >= 0.6 is 27.5 Å². The van der Waals surface area contributed by atoms with Gasteiger partial charge in [0.15, 0.2) is 0 Å². The summed E-state index contributed by atoms with van der Waals surface area (Å²) in [4.78, 5) is 0.224. The Morgan fingerprint density at radius 3 is 2.40 bits per heavy atom. The topological polar surface area (TPSA) is 46.2 Å². The lowest BCUT2D eigenvalue weighted by Gasteiger charge is -2.11. The van der Waals surface area contributed by atoms with E-state index < -0.39 is 10.0 Å². The maximum atomic E-state index is 12.3. The van der Waals surface area contributed by atoms with Crippen LogP contribution in [0, 0.1) is 6.92 Å². The average Bonchev–Trinajstić information content (AvgIpc) is 2.44. The van der Waals surface area contributed by atoms with Gasteiger partial charge in [-0.25, -0.2) is 8.42 Å². The molecule has 0 saturated carbocycles. The molecule has 1 N–H and O–H groups in total. The molecule has 3 nitrogen and oxygen atoms in total. The number of anilines is 1. The van der Waals surface area contributed by atoms with Gasteiger partial charge in [-0.3, -0.25) is 4.72 Å². The van der Waals surface area contributed by atoms with E-state index >= 15 is 0 Å². The van der Waals surface area contributed by atoms with Gasteiger partial charge >= 0.3 is 0 Å². The fraction of sp³-hybridized carbons (Fsp3) is 0.143. The van der Waals surface area contributed by atoms with Crippen molar-refractivity contribution in [3.8, 4) is 0 Å². The first-order valence-corrected chi connectivity index (χ1v) is 8.85. The molecule has 2 aromatic carbocycles. The summed E-state index contributed by atoms with van der Waals surface area (Å²) in [6, 6.07) is 11.8.